The maximum Gasteiger partial charge on any atom is 0.371 e. The maximum atomic E-state index is 12.5. The predicted octanol–water partition coefficient (Wildman–Crippen LogP) is 1.52. The van der Waals surface area contributed by atoms with Gasteiger partial charge in [0.1, 0.15) is 5.76 Å². The monoisotopic (exact) mass is 349 g/mol. The number of carbonyl (C=O) groups excluding carboxylic acids is 2. The van der Waals surface area contributed by atoms with Gasteiger partial charge < -0.3 is 24.6 Å². The molecule has 1 aromatic rings. The number of nitrogens with one attached hydrogen (secondary N) is 1. The number of aromatic carboxylic acids is 1. The summed E-state index contributed by atoms with van der Waals surface area (Å²) in [6.07, 6.45) is 3.64. The average molecular weight is 349 g/mol. The molecule has 2 aliphatic rings. The Labute approximate surface area is 145 Å². The van der Waals surface area contributed by atoms with E-state index in [1.165, 1.54) is 12.1 Å². The van der Waals surface area contributed by atoms with Gasteiger partial charge in [0.15, 0.2) is 0 Å². The molecular formula is C17H23N3O5. The lowest BCUT2D eigenvalue weighted by Crippen LogP contribution is -2.49. The highest BCUT2D eigenvalue weighted by molar-refractivity contribution is 5.84. The summed E-state index contributed by atoms with van der Waals surface area (Å²) in [4.78, 5) is 39.3. The van der Waals surface area contributed by atoms with Gasteiger partial charge >= 0.3 is 12.0 Å². The summed E-state index contributed by atoms with van der Waals surface area (Å²) in [6.45, 7) is 2.87. The second kappa shape index (κ2) is 7.58. The van der Waals surface area contributed by atoms with Crippen LogP contribution in [0.4, 0.5) is 4.79 Å². The lowest BCUT2D eigenvalue weighted by molar-refractivity contribution is -0.126. The number of carboxylic acids is 1. The molecule has 1 unspecified atom stereocenters. The van der Waals surface area contributed by atoms with Crippen molar-refractivity contribution in [2.24, 2.45) is 5.92 Å². The second-order valence-electron chi connectivity index (χ2n) is 6.55. The quantitative estimate of drug-likeness (QED) is 0.858. The number of piperidine rings is 1. The molecule has 2 fully saturated rings. The molecule has 8 heteroatoms. The van der Waals surface area contributed by atoms with Crippen LogP contribution in [0.5, 0.6) is 0 Å². The molecule has 3 heterocycles. The zero-order valence-corrected chi connectivity index (χ0v) is 14.1. The topological polar surface area (TPSA) is 103 Å². The summed E-state index contributed by atoms with van der Waals surface area (Å²) in [5, 5.41) is 11.6. The number of hydrogen-bond donors (Lipinski definition) is 2. The molecular weight excluding hydrogens is 326 g/mol. The average Bonchev–Trinajstić information content (AvgIpc) is 3.30. The number of amides is 3. The first-order valence-electron chi connectivity index (χ1n) is 8.68. The van der Waals surface area contributed by atoms with E-state index >= 15 is 0 Å². The number of carboxylic acid groups (broad SMARTS) is 1. The third-order valence-electron chi connectivity index (χ3n) is 4.75. The Kier molecular flexibility index (Phi) is 5.25. The molecule has 2 N–H and O–H groups in total. The van der Waals surface area contributed by atoms with E-state index in [4.69, 9.17) is 9.52 Å². The third kappa shape index (κ3) is 4.12. The Morgan fingerprint density at radius 1 is 1.12 bits per heavy atom. The van der Waals surface area contributed by atoms with E-state index in [-0.39, 0.29) is 30.2 Å². The molecule has 2 saturated heterocycles. The van der Waals surface area contributed by atoms with E-state index in [0.717, 1.165) is 38.8 Å². The van der Waals surface area contributed by atoms with Crippen molar-refractivity contribution in [3.8, 4) is 0 Å². The van der Waals surface area contributed by atoms with Gasteiger partial charge in [-0.1, -0.05) is 0 Å². The van der Waals surface area contributed by atoms with E-state index in [9.17, 15) is 14.4 Å². The number of likely N-dealkylation sites (tertiary alicyclic amines) is 2. The Bertz CT molecular complexity index is 650. The Hall–Kier alpha value is -2.51. The van der Waals surface area contributed by atoms with Crippen molar-refractivity contribution in [3.05, 3.63) is 23.7 Å². The zero-order chi connectivity index (χ0) is 17.8. The van der Waals surface area contributed by atoms with Gasteiger partial charge in [0.25, 0.3) is 0 Å². The number of furan rings is 1. The molecule has 0 radical (unpaired) electrons. The van der Waals surface area contributed by atoms with Crippen molar-refractivity contribution >= 4 is 17.9 Å². The van der Waals surface area contributed by atoms with Crippen LogP contribution in [0.3, 0.4) is 0 Å². The molecule has 2 aliphatic heterocycles. The summed E-state index contributed by atoms with van der Waals surface area (Å²) in [5.41, 5.74) is 0. The van der Waals surface area contributed by atoms with Crippen LogP contribution in [0.15, 0.2) is 16.5 Å². The first kappa shape index (κ1) is 17.3. The molecule has 136 valence electrons. The number of urea groups is 1. The number of hydrogen-bond acceptors (Lipinski definition) is 4. The molecule has 0 bridgehead atoms. The van der Waals surface area contributed by atoms with Gasteiger partial charge in [-0.2, -0.15) is 0 Å². The fraction of sp³-hybridized carbons (Fsp3) is 0.588. The number of rotatable bonds is 4. The number of nitrogens with zero attached hydrogens (tertiary/aromatic N) is 2. The number of carbonyl (C=O) groups is 3. The van der Waals surface area contributed by atoms with Crippen LogP contribution in [0.25, 0.3) is 0 Å². The highest BCUT2D eigenvalue weighted by atomic mass is 16.4. The lowest BCUT2D eigenvalue weighted by Gasteiger charge is -2.34. The summed E-state index contributed by atoms with van der Waals surface area (Å²) >= 11 is 0. The predicted molar refractivity (Wildman–Crippen MR) is 88.0 cm³/mol. The minimum atomic E-state index is -1.14. The van der Waals surface area contributed by atoms with E-state index in [0.29, 0.717) is 18.8 Å². The molecule has 8 nitrogen and oxygen atoms in total. The van der Waals surface area contributed by atoms with Crippen molar-refractivity contribution in [3.63, 3.8) is 0 Å². The van der Waals surface area contributed by atoms with Gasteiger partial charge in [-0.15, -0.1) is 0 Å². The lowest BCUT2D eigenvalue weighted by atomic mass is 9.97. The van der Waals surface area contributed by atoms with E-state index in [1.807, 2.05) is 4.90 Å². The molecule has 0 aliphatic carbocycles. The fourth-order valence-electron chi connectivity index (χ4n) is 3.38. The third-order valence-corrected chi connectivity index (χ3v) is 4.75. The van der Waals surface area contributed by atoms with Crippen LogP contribution < -0.4 is 5.32 Å². The van der Waals surface area contributed by atoms with E-state index in [1.54, 1.807) is 4.90 Å². The molecule has 3 amide bonds. The van der Waals surface area contributed by atoms with Gasteiger partial charge in [0.2, 0.25) is 11.7 Å². The molecule has 0 saturated carbocycles. The van der Waals surface area contributed by atoms with Crippen molar-refractivity contribution in [1.29, 1.82) is 0 Å². The minimum absolute atomic E-state index is 0.0344. The first-order chi connectivity index (χ1) is 12.0. The van der Waals surface area contributed by atoms with Gasteiger partial charge in [0, 0.05) is 26.2 Å². The molecule has 3 rings (SSSR count). The van der Waals surface area contributed by atoms with Crippen LogP contribution in [0, 0.1) is 5.92 Å². The van der Waals surface area contributed by atoms with Crippen molar-refractivity contribution < 1.29 is 23.9 Å². The molecule has 1 atom stereocenters. The SMILES string of the molecule is O=C(O)c1ccc(CNC(=O)C2CCCN(C(=O)N3CCCC3)C2)o1. The van der Waals surface area contributed by atoms with Crippen LogP contribution >= 0.6 is 0 Å². The second-order valence-corrected chi connectivity index (χ2v) is 6.55. The summed E-state index contributed by atoms with van der Waals surface area (Å²) in [5.74, 6) is -1.27. The van der Waals surface area contributed by atoms with Gasteiger partial charge in [-0.05, 0) is 37.8 Å². The Morgan fingerprint density at radius 3 is 2.52 bits per heavy atom. The molecule has 0 aromatic carbocycles. The first-order valence-corrected chi connectivity index (χ1v) is 8.68. The smallest absolute Gasteiger partial charge is 0.371 e. The molecule has 0 spiro atoms. The highest BCUT2D eigenvalue weighted by Gasteiger charge is 2.31. The Morgan fingerprint density at radius 2 is 1.84 bits per heavy atom. The van der Waals surface area contributed by atoms with E-state index in [2.05, 4.69) is 5.32 Å². The summed E-state index contributed by atoms with van der Waals surface area (Å²) in [6, 6.07) is 2.93. The van der Waals surface area contributed by atoms with E-state index < -0.39 is 5.97 Å². The summed E-state index contributed by atoms with van der Waals surface area (Å²) < 4.78 is 5.12. The van der Waals surface area contributed by atoms with Crippen LogP contribution in [-0.4, -0.2) is 59.0 Å². The van der Waals surface area contributed by atoms with Crippen LogP contribution in [0.1, 0.15) is 42.0 Å². The molecule has 1 aromatic heterocycles. The molecule has 25 heavy (non-hydrogen) atoms. The van der Waals surface area contributed by atoms with Crippen molar-refractivity contribution in [1.82, 2.24) is 15.1 Å². The highest BCUT2D eigenvalue weighted by Crippen LogP contribution is 2.20. The van der Waals surface area contributed by atoms with Crippen molar-refractivity contribution in [2.45, 2.75) is 32.2 Å². The van der Waals surface area contributed by atoms with Gasteiger partial charge in [-0.3, -0.25) is 4.79 Å². The minimum Gasteiger partial charge on any atom is -0.475 e. The van der Waals surface area contributed by atoms with Crippen molar-refractivity contribution in [2.75, 3.05) is 26.2 Å². The Balaban J connectivity index is 1.50. The zero-order valence-electron chi connectivity index (χ0n) is 14.1. The standard InChI is InChI=1S/C17H23N3O5/c21-15(18-10-13-5-6-14(25-13)16(22)23)12-4-3-9-20(11-12)17(24)19-7-1-2-8-19/h5-6,12H,1-4,7-11H2,(H,18,21)(H,22,23). The van der Waals surface area contributed by atoms with Gasteiger partial charge in [0.05, 0.1) is 12.5 Å². The summed E-state index contributed by atoms with van der Waals surface area (Å²) in [7, 11) is 0. The fourth-order valence-corrected chi connectivity index (χ4v) is 3.38. The maximum absolute atomic E-state index is 12.5. The van der Waals surface area contributed by atoms with Crippen LogP contribution in [0.2, 0.25) is 0 Å². The van der Waals surface area contributed by atoms with Gasteiger partial charge in [-0.25, -0.2) is 9.59 Å². The van der Waals surface area contributed by atoms with Crippen LogP contribution in [-0.2, 0) is 11.3 Å². The largest absolute Gasteiger partial charge is 0.475 e. The normalized spacial score (nSPS) is 20.6.